The molecule has 1 atom stereocenters. The molecule has 2 aromatic heterocycles. The summed E-state index contributed by atoms with van der Waals surface area (Å²) in [4.78, 5) is 11.8. The summed E-state index contributed by atoms with van der Waals surface area (Å²) in [5.74, 6) is 1.33. The van der Waals surface area contributed by atoms with Crippen LogP contribution in [0.1, 0.15) is 18.0 Å². The predicted molar refractivity (Wildman–Crippen MR) is 57.9 cm³/mol. The summed E-state index contributed by atoms with van der Waals surface area (Å²) in [6, 6.07) is 0. The Morgan fingerprint density at radius 1 is 1.53 bits per heavy atom. The lowest BCUT2D eigenvalue weighted by Gasteiger charge is -2.00. The normalized spacial score (nSPS) is 20.9. The lowest BCUT2D eigenvalue weighted by Crippen LogP contribution is -1.97. The summed E-state index contributed by atoms with van der Waals surface area (Å²) in [7, 11) is 0. The molecule has 4 nitrogen and oxygen atoms in total. The minimum atomic E-state index is 0.477. The Morgan fingerprint density at radius 2 is 2.53 bits per heavy atom. The molecule has 0 amide bonds. The molecule has 3 rings (SSSR count). The molecular formula is C10H11N3OS. The Labute approximate surface area is 91.3 Å². The van der Waals surface area contributed by atoms with Gasteiger partial charge in [0.05, 0.1) is 12.3 Å². The Balaban J connectivity index is 1.87. The number of thiazole rings is 1. The Hall–Kier alpha value is -1.20. The largest absolute Gasteiger partial charge is 0.381 e. The van der Waals surface area contributed by atoms with Crippen LogP contribution in [0.3, 0.4) is 0 Å². The molecule has 1 N–H and O–H groups in total. The minimum absolute atomic E-state index is 0.477. The number of hydrogen-bond donors (Lipinski definition) is 1. The van der Waals surface area contributed by atoms with Gasteiger partial charge in [0.2, 0.25) is 0 Å². The van der Waals surface area contributed by atoms with Crippen molar-refractivity contribution in [3.8, 4) is 10.8 Å². The molecule has 0 spiro atoms. The van der Waals surface area contributed by atoms with Crippen LogP contribution in [0.4, 0.5) is 0 Å². The molecule has 1 unspecified atom stereocenters. The van der Waals surface area contributed by atoms with E-state index in [2.05, 4.69) is 20.3 Å². The quantitative estimate of drug-likeness (QED) is 0.844. The molecule has 5 heteroatoms. The summed E-state index contributed by atoms with van der Waals surface area (Å²) in [6.07, 6.45) is 4.64. The molecule has 1 aliphatic rings. The highest BCUT2D eigenvalue weighted by Crippen LogP contribution is 2.29. The number of rotatable bonds is 2. The van der Waals surface area contributed by atoms with Gasteiger partial charge in [0.15, 0.2) is 10.8 Å². The van der Waals surface area contributed by atoms with Crippen molar-refractivity contribution in [2.75, 3.05) is 13.2 Å². The van der Waals surface area contributed by atoms with E-state index in [1.165, 1.54) is 0 Å². The second-order valence-corrected chi connectivity index (χ2v) is 4.43. The minimum Gasteiger partial charge on any atom is -0.381 e. The van der Waals surface area contributed by atoms with Crippen molar-refractivity contribution in [2.45, 2.75) is 12.3 Å². The second-order valence-electron chi connectivity index (χ2n) is 3.58. The molecule has 0 aliphatic carbocycles. The number of hydrogen-bond acceptors (Lipinski definition) is 4. The summed E-state index contributed by atoms with van der Waals surface area (Å²) in [5, 5.41) is 3.07. The number of aromatic amines is 1. The molecule has 2 aromatic rings. The van der Waals surface area contributed by atoms with Crippen LogP contribution in [0.2, 0.25) is 0 Å². The molecule has 0 bridgehead atoms. The topological polar surface area (TPSA) is 50.8 Å². The first-order valence-corrected chi connectivity index (χ1v) is 5.84. The van der Waals surface area contributed by atoms with Gasteiger partial charge in [0.25, 0.3) is 0 Å². The maximum Gasteiger partial charge on any atom is 0.166 e. The smallest absolute Gasteiger partial charge is 0.166 e. The molecule has 1 fully saturated rings. The van der Waals surface area contributed by atoms with Crippen molar-refractivity contribution in [3.05, 3.63) is 23.5 Å². The summed E-state index contributed by atoms with van der Waals surface area (Å²) in [5.41, 5.74) is 1.14. The zero-order valence-electron chi connectivity index (χ0n) is 8.14. The number of nitrogens with zero attached hydrogens (tertiary/aromatic N) is 2. The molecule has 1 saturated heterocycles. The molecule has 15 heavy (non-hydrogen) atoms. The van der Waals surface area contributed by atoms with Crippen LogP contribution in [0.15, 0.2) is 17.8 Å². The van der Waals surface area contributed by atoms with E-state index in [4.69, 9.17) is 4.74 Å². The van der Waals surface area contributed by atoms with Crippen molar-refractivity contribution in [1.29, 1.82) is 0 Å². The van der Waals surface area contributed by atoms with Gasteiger partial charge in [0, 0.05) is 30.3 Å². The lowest BCUT2D eigenvalue weighted by atomic mass is 10.1. The number of imidazole rings is 1. The number of nitrogens with one attached hydrogen (secondary N) is 1. The maximum atomic E-state index is 5.35. The van der Waals surface area contributed by atoms with E-state index in [9.17, 15) is 0 Å². The zero-order valence-corrected chi connectivity index (χ0v) is 8.96. The lowest BCUT2D eigenvalue weighted by molar-refractivity contribution is 0.193. The van der Waals surface area contributed by atoms with Gasteiger partial charge in [-0.25, -0.2) is 9.97 Å². The van der Waals surface area contributed by atoms with Gasteiger partial charge in [-0.1, -0.05) is 0 Å². The third kappa shape index (κ3) is 1.68. The summed E-state index contributed by atoms with van der Waals surface area (Å²) in [6.45, 7) is 1.67. The van der Waals surface area contributed by atoms with E-state index >= 15 is 0 Å². The van der Waals surface area contributed by atoms with Gasteiger partial charge < -0.3 is 9.72 Å². The first kappa shape index (κ1) is 9.06. The van der Waals surface area contributed by atoms with E-state index in [-0.39, 0.29) is 0 Å². The van der Waals surface area contributed by atoms with Crippen LogP contribution in [-0.2, 0) is 4.74 Å². The number of ether oxygens (including phenoxy) is 1. The standard InChI is InChI=1S/C10H11N3OS/c1-4-14-5-7(1)8-6-15-10(13-8)9-11-2-3-12-9/h2-3,6-7H,1,4-5H2,(H,11,12). The Kier molecular flexibility index (Phi) is 2.26. The molecule has 0 radical (unpaired) electrons. The molecule has 0 aromatic carbocycles. The molecule has 0 saturated carbocycles. The third-order valence-corrected chi connectivity index (χ3v) is 3.44. The van der Waals surface area contributed by atoms with Crippen molar-refractivity contribution in [3.63, 3.8) is 0 Å². The van der Waals surface area contributed by atoms with Crippen LogP contribution in [-0.4, -0.2) is 28.2 Å². The Morgan fingerprint density at radius 3 is 3.27 bits per heavy atom. The van der Waals surface area contributed by atoms with E-state index in [0.29, 0.717) is 5.92 Å². The summed E-state index contributed by atoms with van der Waals surface area (Å²) < 4.78 is 5.35. The van der Waals surface area contributed by atoms with Crippen molar-refractivity contribution >= 4 is 11.3 Å². The first-order chi connectivity index (χ1) is 7.43. The van der Waals surface area contributed by atoms with Gasteiger partial charge in [-0.2, -0.15) is 0 Å². The average molecular weight is 221 g/mol. The summed E-state index contributed by atoms with van der Waals surface area (Å²) >= 11 is 1.63. The highest BCUT2D eigenvalue weighted by Gasteiger charge is 2.20. The zero-order chi connectivity index (χ0) is 10.1. The van der Waals surface area contributed by atoms with E-state index in [1.807, 2.05) is 6.20 Å². The fourth-order valence-electron chi connectivity index (χ4n) is 1.73. The first-order valence-electron chi connectivity index (χ1n) is 4.96. The van der Waals surface area contributed by atoms with Gasteiger partial charge in [-0.15, -0.1) is 11.3 Å². The molecule has 1 aliphatic heterocycles. The molecular weight excluding hydrogens is 210 g/mol. The number of aromatic nitrogens is 3. The highest BCUT2D eigenvalue weighted by molar-refractivity contribution is 7.13. The average Bonchev–Trinajstić information content (AvgIpc) is 3.02. The van der Waals surface area contributed by atoms with Crippen LogP contribution in [0.25, 0.3) is 10.8 Å². The highest BCUT2D eigenvalue weighted by atomic mass is 32.1. The SMILES string of the molecule is c1c[nH]c(-c2nc(C3CCOC3)cs2)n1. The molecule has 78 valence electrons. The predicted octanol–water partition coefficient (Wildman–Crippen LogP) is 2.04. The van der Waals surface area contributed by atoms with E-state index in [1.54, 1.807) is 17.5 Å². The van der Waals surface area contributed by atoms with Gasteiger partial charge >= 0.3 is 0 Å². The maximum absolute atomic E-state index is 5.35. The van der Waals surface area contributed by atoms with Crippen LogP contribution >= 0.6 is 11.3 Å². The van der Waals surface area contributed by atoms with E-state index < -0.39 is 0 Å². The van der Waals surface area contributed by atoms with Crippen molar-refractivity contribution in [1.82, 2.24) is 15.0 Å². The van der Waals surface area contributed by atoms with Gasteiger partial charge in [0.1, 0.15) is 0 Å². The van der Waals surface area contributed by atoms with Gasteiger partial charge in [-0.05, 0) is 6.42 Å². The fourth-order valence-corrected chi connectivity index (χ4v) is 2.59. The molecule has 3 heterocycles. The third-order valence-electron chi connectivity index (χ3n) is 2.57. The van der Waals surface area contributed by atoms with Crippen LogP contribution in [0, 0.1) is 0 Å². The Bertz CT molecular complexity index is 431. The van der Waals surface area contributed by atoms with Crippen molar-refractivity contribution < 1.29 is 4.74 Å². The van der Waals surface area contributed by atoms with Gasteiger partial charge in [-0.3, -0.25) is 0 Å². The monoisotopic (exact) mass is 221 g/mol. The second kappa shape index (κ2) is 3.75. The number of H-pyrrole nitrogens is 1. The van der Waals surface area contributed by atoms with Crippen LogP contribution in [0.5, 0.6) is 0 Å². The fraction of sp³-hybridized carbons (Fsp3) is 0.400. The van der Waals surface area contributed by atoms with Crippen molar-refractivity contribution in [2.24, 2.45) is 0 Å². The van der Waals surface area contributed by atoms with E-state index in [0.717, 1.165) is 36.2 Å². The van der Waals surface area contributed by atoms with Crippen LogP contribution < -0.4 is 0 Å².